The van der Waals surface area contributed by atoms with Crippen LogP contribution in [0.25, 0.3) is 22.1 Å². The van der Waals surface area contributed by atoms with Gasteiger partial charge in [0.1, 0.15) is 0 Å². The van der Waals surface area contributed by atoms with Crippen LogP contribution in [-0.2, 0) is 0 Å². The third-order valence-electron chi connectivity index (χ3n) is 4.36. The normalized spacial score (nSPS) is 12.4. The number of rotatable bonds is 2. The van der Waals surface area contributed by atoms with Gasteiger partial charge in [0.05, 0.1) is 27.1 Å². The van der Waals surface area contributed by atoms with E-state index in [9.17, 15) is 9.90 Å². The number of phenols is 1. The van der Waals surface area contributed by atoms with Crippen molar-refractivity contribution in [3.63, 3.8) is 0 Å². The van der Waals surface area contributed by atoms with Gasteiger partial charge in [0.2, 0.25) is 0 Å². The van der Waals surface area contributed by atoms with E-state index in [4.69, 9.17) is 4.74 Å². The molecule has 0 bridgehead atoms. The summed E-state index contributed by atoms with van der Waals surface area (Å²) in [6, 6.07) is 5.73. The molecule has 0 saturated heterocycles. The highest BCUT2D eigenvalue weighted by molar-refractivity contribution is 9.13. The highest BCUT2D eigenvalue weighted by Crippen LogP contribution is 2.41. The summed E-state index contributed by atoms with van der Waals surface area (Å²) >= 11 is 8.13. The van der Waals surface area contributed by atoms with Crippen LogP contribution in [-0.4, -0.2) is 21.6 Å². The number of hydrogen-bond acceptors (Lipinski definition) is 5. The lowest BCUT2D eigenvalue weighted by Gasteiger charge is -2.09. The van der Waals surface area contributed by atoms with Crippen molar-refractivity contribution in [2.75, 3.05) is 7.11 Å². The molecule has 5 nitrogen and oxygen atoms in total. The predicted molar refractivity (Wildman–Crippen MR) is 115 cm³/mol. The molecular formula is C19H14Br2N2O3S. The summed E-state index contributed by atoms with van der Waals surface area (Å²) in [5.74, 6) is 0.323. The third-order valence-corrected chi connectivity index (χ3v) is 7.49. The molecule has 4 rings (SSSR count). The third kappa shape index (κ3) is 2.86. The minimum absolute atomic E-state index is 0.00167. The van der Waals surface area contributed by atoms with E-state index >= 15 is 0 Å². The van der Waals surface area contributed by atoms with Crippen molar-refractivity contribution < 1.29 is 9.84 Å². The predicted octanol–water partition coefficient (Wildman–Crippen LogP) is 4.31. The summed E-state index contributed by atoms with van der Waals surface area (Å²) in [5, 5.41) is 10.1. The van der Waals surface area contributed by atoms with E-state index in [2.05, 4.69) is 42.9 Å². The molecule has 2 heterocycles. The lowest BCUT2D eigenvalue weighted by atomic mass is 10.1. The Kier molecular flexibility index (Phi) is 4.52. The van der Waals surface area contributed by atoms with E-state index in [1.165, 1.54) is 18.4 Å². The fourth-order valence-electron chi connectivity index (χ4n) is 3.12. The zero-order chi connectivity index (χ0) is 19.5. The first kappa shape index (κ1) is 18.5. The van der Waals surface area contributed by atoms with Crippen LogP contribution in [0.3, 0.4) is 0 Å². The van der Waals surface area contributed by atoms with Gasteiger partial charge in [0.15, 0.2) is 16.5 Å². The number of aromatic nitrogens is 2. The number of methoxy groups -OCH3 is 1. The van der Waals surface area contributed by atoms with Crippen molar-refractivity contribution in [2.24, 2.45) is 0 Å². The van der Waals surface area contributed by atoms with Gasteiger partial charge in [0.25, 0.3) is 5.56 Å². The molecule has 138 valence electrons. The molecule has 2 aromatic heterocycles. The van der Waals surface area contributed by atoms with Gasteiger partial charge >= 0.3 is 0 Å². The molecule has 4 aromatic rings. The van der Waals surface area contributed by atoms with Crippen molar-refractivity contribution in [3.8, 4) is 11.5 Å². The number of nitrogens with zero attached hydrogens (tertiary/aromatic N) is 2. The summed E-state index contributed by atoms with van der Waals surface area (Å²) in [7, 11) is 1.48. The molecule has 1 N–H and O–H groups in total. The Morgan fingerprint density at radius 2 is 1.96 bits per heavy atom. The zero-order valence-corrected chi connectivity index (χ0v) is 18.6. The molecule has 2 aromatic carbocycles. The molecule has 0 unspecified atom stereocenters. The Morgan fingerprint density at radius 3 is 2.67 bits per heavy atom. The Hall–Kier alpha value is -1.90. The van der Waals surface area contributed by atoms with Crippen molar-refractivity contribution in [1.82, 2.24) is 9.38 Å². The molecule has 0 aliphatic rings. The van der Waals surface area contributed by atoms with Gasteiger partial charge in [-0.15, -0.1) is 0 Å². The largest absolute Gasteiger partial charge is 0.503 e. The van der Waals surface area contributed by atoms with Gasteiger partial charge in [-0.25, -0.2) is 9.38 Å². The van der Waals surface area contributed by atoms with Crippen LogP contribution < -0.4 is 14.8 Å². The molecular weight excluding hydrogens is 496 g/mol. The number of aromatic hydroxyl groups is 1. The number of benzene rings is 2. The van der Waals surface area contributed by atoms with E-state index in [0.29, 0.717) is 24.2 Å². The Balaban J connectivity index is 2.02. The van der Waals surface area contributed by atoms with Crippen LogP contribution in [0.1, 0.15) is 16.7 Å². The lowest BCUT2D eigenvalue weighted by Crippen LogP contribution is -2.22. The number of thiazole rings is 1. The van der Waals surface area contributed by atoms with Crippen LogP contribution in [0.15, 0.2) is 31.9 Å². The van der Waals surface area contributed by atoms with Crippen LogP contribution in [0.4, 0.5) is 0 Å². The van der Waals surface area contributed by atoms with E-state index in [1.807, 2.05) is 19.9 Å². The van der Waals surface area contributed by atoms with Gasteiger partial charge in [-0.3, -0.25) is 4.79 Å². The van der Waals surface area contributed by atoms with Gasteiger partial charge in [-0.2, -0.15) is 0 Å². The smallest absolute Gasteiger partial charge is 0.274 e. The van der Waals surface area contributed by atoms with Crippen LogP contribution >= 0.6 is 43.2 Å². The minimum atomic E-state index is -0.113. The number of fused-ring (bicyclic) bond motifs is 3. The van der Waals surface area contributed by atoms with E-state index in [-0.39, 0.29) is 11.3 Å². The van der Waals surface area contributed by atoms with Crippen LogP contribution in [0, 0.1) is 13.8 Å². The molecule has 27 heavy (non-hydrogen) atoms. The summed E-state index contributed by atoms with van der Waals surface area (Å²) in [4.78, 5) is 18.3. The highest BCUT2D eigenvalue weighted by atomic mass is 79.9. The first-order valence-corrected chi connectivity index (χ1v) is 10.4. The minimum Gasteiger partial charge on any atom is -0.503 e. The standard InChI is InChI=1S/C19H14Br2N2O3S/c1-8-4-9(2)16-11(5-8)23-18(25)13(27-19(23)22-16)7-10-6-12(26-3)17(24)15(21)14(10)20/h4-7,24H,1-3H3/b13-7-. The molecule has 0 amide bonds. The topological polar surface area (TPSA) is 63.8 Å². The van der Waals surface area contributed by atoms with Gasteiger partial charge in [-0.1, -0.05) is 17.4 Å². The van der Waals surface area contributed by atoms with Gasteiger partial charge in [0, 0.05) is 4.47 Å². The SMILES string of the molecule is COc1cc(/C=c2\sc3nc4c(C)cc(C)cc4n3c2=O)c(Br)c(Br)c1O. The molecule has 0 saturated carbocycles. The molecule has 0 fully saturated rings. The van der Waals surface area contributed by atoms with E-state index in [0.717, 1.165) is 27.7 Å². The average molecular weight is 510 g/mol. The quantitative estimate of drug-likeness (QED) is 0.437. The summed E-state index contributed by atoms with van der Waals surface area (Å²) in [6.45, 7) is 4.01. The maximum atomic E-state index is 13.0. The maximum absolute atomic E-state index is 13.0. The number of halogens is 2. The molecule has 0 atom stereocenters. The van der Waals surface area contributed by atoms with Gasteiger partial charge in [-0.05, 0) is 80.6 Å². The fraction of sp³-hybridized carbons (Fsp3) is 0.158. The first-order chi connectivity index (χ1) is 12.8. The summed E-state index contributed by atoms with van der Waals surface area (Å²) in [5.41, 5.74) is 4.43. The van der Waals surface area contributed by atoms with Crippen LogP contribution in [0.5, 0.6) is 11.5 Å². The Labute approximate surface area is 175 Å². The molecule has 8 heteroatoms. The summed E-state index contributed by atoms with van der Waals surface area (Å²) in [6.07, 6.45) is 1.77. The van der Waals surface area contributed by atoms with Crippen molar-refractivity contribution in [1.29, 1.82) is 0 Å². The fourth-order valence-corrected chi connectivity index (χ4v) is 4.94. The maximum Gasteiger partial charge on any atom is 0.274 e. The number of imidazole rings is 1. The monoisotopic (exact) mass is 508 g/mol. The second-order valence-electron chi connectivity index (χ2n) is 6.24. The Morgan fingerprint density at radius 1 is 1.22 bits per heavy atom. The lowest BCUT2D eigenvalue weighted by molar-refractivity contribution is 0.371. The Bertz CT molecular complexity index is 1340. The van der Waals surface area contributed by atoms with Crippen LogP contribution in [0.2, 0.25) is 0 Å². The second kappa shape index (κ2) is 6.61. The molecule has 0 aliphatic carbocycles. The molecule has 0 aliphatic heterocycles. The van der Waals surface area contributed by atoms with Crippen molar-refractivity contribution in [2.45, 2.75) is 13.8 Å². The number of ether oxygens (including phenoxy) is 1. The number of phenolic OH excluding ortho intramolecular Hbond substituents is 1. The summed E-state index contributed by atoms with van der Waals surface area (Å²) < 4.78 is 8.53. The zero-order valence-electron chi connectivity index (χ0n) is 14.6. The second-order valence-corrected chi connectivity index (χ2v) is 8.83. The van der Waals surface area contributed by atoms with E-state index in [1.54, 1.807) is 16.5 Å². The highest BCUT2D eigenvalue weighted by Gasteiger charge is 2.16. The molecule has 0 radical (unpaired) electrons. The van der Waals surface area contributed by atoms with E-state index < -0.39 is 0 Å². The number of hydrogen-bond donors (Lipinski definition) is 1. The molecule has 0 spiro atoms. The van der Waals surface area contributed by atoms with Crippen molar-refractivity contribution in [3.05, 3.63) is 58.7 Å². The average Bonchev–Trinajstić information content (AvgIpc) is 3.13. The van der Waals surface area contributed by atoms with Gasteiger partial charge < -0.3 is 9.84 Å². The van der Waals surface area contributed by atoms with Crippen molar-refractivity contribution >= 4 is 65.3 Å². The number of aryl methyl sites for hydroxylation is 2. The first-order valence-electron chi connectivity index (χ1n) is 8.00.